The van der Waals surface area contributed by atoms with Gasteiger partial charge in [0.1, 0.15) is 13.1 Å². The third-order valence-electron chi connectivity index (χ3n) is 3.12. The Kier molecular flexibility index (Phi) is 23.5. The van der Waals surface area contributed by atoms with Gasteiger partial charge < -0.3 is 39.1 Å². The normalized spacial score (nSPS) is 11.9. The second-order valence-electron chi connectivity index (χ2n) is 5.09. The molecule has 0 spiro atoms. The summed E-state index contributed by atoms with van der Waals surface area (Å²) in [4.78, 5) is 44.3. The van der Waals surface area contributed by atoms with E-state index in [0.717, 1.165) is 4.90 Å². The number of carbonyl (C=O) groups excluding carboxylic acids is 1. The van der Waals surface area contributed by atoms with Crippen LogP contribution in [-0.2, 0) is 19.2 Å². The van der Waals surface area contributed by atoms with E-state index in [4.69, 9.17) is 20.4 Å². The van der Waals surface area contributed by atoms with Crippen LogP contribution in [0.5, 0.6) is 0 Å². The molecule has 4 N–H and O–H groups in total. The van der Waals surface area contributed by atoms with Gasteiger partial charge in [-0.25, -0.2) is 4.79 Å². The minimum Gasteiger partial charge on any atom is -1.00 e. The van der Waals surface area contributed by atoms with Gasteiger partial charge in [0, 0.05) is 6.54 Å². The molecule has 0 aliphatic heterocycles. The fourth-order valence-electron chi connectivity index (χ4n) is 2.21. The maximum absolute atomic E-state index is 11.0. The van der Waals surface area contributed by atoms with Crippen LogP contribution in [0.2, 0.25) is 0 Å². The van der Waals surface area contributed by atoms with E-state index in [9.17, 15) is 24.3 Å². The van der Waals surface area contributed by atoms with E-state index >= 15 is 0 Å². The monoisotopic (exact) mass is 408 g/mol. The van der Waals surface area contributed by atoms with Gasteiger partial charge in [0.15, 0.2) is 6.54 Å². The summed E-state index contributed by atoms with van der Waals surface area (Å²) in [5.41, 5.74) is 0. The van der Waals surface area contributed by atoms with Crippen LogP contribution in [0.15, 0.2) is 0 Å². The standard InChI is InChI=1S/C12H20N2O9.3Na.3H/c15-4-3-14(7-11(20)21,8-12(22)23)2-1-13(5-9(16)17)6-10(18)19;;;;;;/h15H,1-8H2,(H3-,16,17,18,19,20,21,22,23);;;;;;/q;3*+1;3*-1. The summed E-state index contributed by atoms with van der Waals surface area (Å²) in [6.45, 7) is -3.52. The molecule has 0 saturated heterocycles. The number of carboxylic acids is 4. The molecule has 11 nitrogen and oxygen atoms in total. The Balaban J connectivity index is -0.000000161. The van der Waals surface area contributed by atoms with Crippen LogP contribution in [0.4, 0.5) is 0 Å². The first-order valence-electron chi connectivity index (χ1n) is 6.64. The first-order chi connectivity index (χ1) is 10.6. The third-order valence-corrected chi connectivity index (χ3v) is 3.12. The van der Waals surface area contributed by atoms with Crippen molar-refractivity contribution >= 4 is 23.9 Å². The van der Waals surface area contributed by atoms with Crippen molar-refractivity contribution in [1.29, 1.82) is 0 Å². The third kappa shape index (κ3) is 16.9. The summed E-state index contributed by atoms with van der Waals surface area (Å²) >= 11 is 0. The number of rotatable bonds is 13. The second-order valence-corrected chi connectivity index (χ2v) is 5.09. The Hall–Kier alpha value is 0.760. The molecule has 0 fully saturated rings. The van der Waals surface area contributed by atoms with Crippen molar-refractivity contribution < 1.29 is 142 Å². The summed E-state index contributed by atoms with van der Waals surface area (Å²) in [6, 6.07) is 0. The van der Waals surface area contributed by atoms with Gasteiger partial charge in [-0.3, -0.25) is 14.5 Å². The van der Waals surface area contributed by atoms with Gasteiger partial charge >= 0.3 is 107 Å². The average molecular weight is 408 g/mol. The van der Waals surface area contributed by atoms with Crippen molar-refractivity contribution in [1.82, 2.24) is 4.90 Å². The molecule has 14 heteroatoms. The molecule has 0 aromatic heterocycles. The molecular formula is C12H23N2Na3O9. The topological polar surface area (TPSA) is 175 Å². The minimum atomic E-state index is -1.53. The van der Waals surface area contributed by atoms with E-state index in [1.54, 1.807) is 0 Å². The van der Waals surface area contributed by atoms with Crippen molar-refractivity contribution in [3.63, 3.8) is 0 Å². The molecule has 1 atom stereocenters. The molecule has 0 radical (unpaired) electrons. The van der Waals surface area contributed by atoms with Crippen molar-refractivity contribution in [3.05, 3.63) is 0 Å². The van der Waals surface area contributed by atoms with Gasteiger partial charge in [-0.2, -0.15) is 0 Å². The number of carboxylic acid groups (broad SMARTS) is 4. The number of hydrogen-bond donors (Lipinski definition) is 4. The fraction of sp³-hybridized carbons (Fsp3) is 0.667. The Morgan fingerprint density at radius 3 is 1.62 bits per heavy atom. The van der Waals surface area contributed by atoms with Crippen LogP contribution in [0.3, 0.4) is 0 Å². The molecule has 1 unspecified atom stereocenters. The van der Waals surface area contributed by atoms with E-state index in [2.05, 4.69) is 0 Å². The molecule has 0 aliphatic carbocycles. The predicted octanol–water partition coefficient (Wildman–Crippen LogP) is -12.5. The van der Waals surface area contributed by atoms with Gasteiger partial charge in [0.25, 0.3) is 0 Å². The van der Waals surface area contributed by atoms with Crippen LogP contribution in [0, 0.1) is 0 Å². The molecule has 138 valence electrons. The van der Waals surface area contributed by atoms with E-state index in [1.165, 1.54) is 0 Å². The molecule has 0 rings (SSSR count). The second kappa shape index (κ2) is 17.8. The summed E-state index contributed by atoms with van der Waals surface area (Å²) < 4.78 is -0.579. The number of hydrogen-bond acceptors (Lipinski definition) is 7. The zero-order valence-corrected chi connectivity index (χ0v) is 21.4. The zero-order chi connectivity index (χ0) is 18.0. The van der Waals surface area contributed by atoms with E-state index in [1.807, 2.05) is 0 Å². The minimum absolute atomic E-state index is 0. The number of carbonyl (C=O) groups is 4. The maximum Gasteiger partial charge on any atom is 1.00 e. The van der Waals surface area contributed by atoms with Crippen molar-refractivity contribution in [3.8, 4) is 0 Å². The molecule has 26 heavy (non-hydrogen) atoms. The van der Waals surface area contributed by atoms with Gasteiger partial charge in [0.2, 0.25) is 0 Å². The van der Waals surface area contributed by atoms with E-state index < -0.39 is 61.1 Å². The molecule has 0 bridgehead atoms. The zero-order valence-electron chi connectivity index (χ0n) is 18.4. The maximum atomic E-state index is 11.0. The molecular weight excluding hydrogens is 385 g/mol. The Morgan fingerprint density at radius 1 is 0.846 bits per heavy atom. The van der Waals surface area contributed by atoms with Crippen LogP contribution < -0.4 is 93.8 Å². The Labute approximate surface area is 221 Å². The SMILES string of the molecule is O=C([O-])C[N+](CCO)(CCN(CC(=O)O)CC(=O)O)CC(=O)O.[H-].[H-].[H-].[Na+].[Na+].[Na+]. The number of aliphatic hydroxyl groups is 1. The summed E-state index contributed by atoms with van der Waals surface area (Å²) in [5, 5.41) is 46.3. The van der Waals surface area contributed by atoms with Crippen LogP contribution in [0.25, 0.3) is 0 Å². The number of aliphatic hydroxyl groups excluding tert-OH is 1. The Morgan fingerprint density at radius 2 is 1.31 bits per heavy atom. The van der Waals surface area contributed by atoms with Gasteiger partial charge in [-0.1, -0.05) is 0 Å². The smallest absolute Gasteiger partial charge is 1.00 e. The molecule has 0 aliphatic rings. The molecule has 0 aromatic rings. The molecule has 0 heterocycles. The number of aliphatic carboxylic acids is 4. The van der Waals surface area contributed by atoms with Crippen LogP contribution in [0.1, 0.15) is 4.28 Å². The van der Waals surface area contributed by atoms with Gasteiger partial charge in [-0.05, 0) is 0 Å². The summed E-state index contributed by atoms with van der Waals surface area (Å²) in [6.07, 6.45) is 0. The molecule has 0 amide bonds. The van der Waals surface area contributed by atoms with Gasteiger partial charge in [-0.15, -0.1) is 0 Å². The Bertz CT molecular complexity index is 447. The summed E-state index contributed by atoms with van der Waals surface area (Å²) in [5.74, 6) is -5.38. The van der Waals surface area contributed by atoms with Gasteiger partial charge in [0.05, 0.1) is 32.2 Å². The predicted molar refractivity (Wildman–Crippen MR) is 74.5 cm³/mol. The average Bonchev–Trinajstić information content (AvgIpc) is 2.33. The van der Waals surface area contributed by atoms with E-state index in [-0.39, 0.29) is 113 Å². The van der Waals surface area contributed by atoms with E-state index in [0.29, 0.717) is 0 Å². The largest absolute Gasteiger partial charge is 1.00 e. The quantitative estimate of drug-likeness (QED) is 0.169. The summed E-state index contributed by atoms with van der Waals surface area (Å²) in [7, 11) is 0. The molecule has 0 aromatic carbocycles. The van der Waals surface area contributed by atoms with Crippen molar-refractivity contribution in [2.75, 3.05) is 52.4 Å². The van der Waals surface area contributed by atoms with Crippen molar-refractivity contribution in [2.45, 2.75) is 0 Å². The first kappa shape index (κ1) is 34.3. The van der Waals surface area contributed by atoms with Crippen LogP contribution >= 0.6 is 0 Å². The number of quaternary nitrogens is 1. The first-order valence-corrected chi connectivity index (χ1v) is 6.64. The van der Waals surface area contributed by atoms with Crippen LogP contribution in [-0.4, -0.2) is 106 Å². The fourth-order valence-corrected chi connectivity index (χ4v) is 2.21. The van der Waals surface area contributed by atoms with Crippen molar-refractivity contribution in [2.24, 2.45) is 0 Å². The molecule has 0 saturated carbocycles. The number of nitrogens with zero attached hydrogens (tertiary/aromatic N) is 2.